The molecule has 6 heteroatoms. The minimum atomic E-state index is -0.945. The maximum Gasteiger partial charge on any atom is 0.306 e. The number of carboxylic acids is 1. The molecule has 1 rings (SSSR count). The van der Waals surface area contributed by atoms with Crippen LogP contribution in [-0.2, 0) is 4.79 Å². The fourth-order valence-electron chi connectivity index (χ4n) is 0.912. The first-order valence-electron chi connectivity index (χ1n) is 3.70. The monoisotopic (exact) mass is 182 g/mol. The summed E-state index contributed by atoms with van der Waals surface area (Å²) in [5, 5.41) is 15.0. The van der Waals surface area contributed by atoms with Crippen molar-refractivity contribution in [1.82, 2.24) is 15.2 Å². The number of carbonyl (C=O) groups is 1. The van der Waals surface area contributed by atoms with Gasteiger partial charge in [0, 0.05) is 0 Å². The molecule has 1 aromatic rings. The van der Waals surface area contributed by atoms with E-state index in [0.29, 0.717) is 11.6 Å². The van der Waals surface area contributed by atoms with E-state index in [0.717, 1.165) is 0 Å². The molecule has 0 spiro atoms. The molecule has 0 amide bonds. The molecule has 0 saturated carbocycles. The van der Waals surface area contributed by atoms with Crippen LogP contribution in [0.4, 0.5) is 0 Å². The summed E-state index contributed by atoms with van der Waals surface area (Å²) in [6.07, 6.45) is -0.138. The maximum absolute atomic E-state index is 10.4. The van der Waals surface area contributed by atoms with Gasteiger partial charge in [0.15, 0.2) is 5.82 Å². The molecule has 70 valence electrons. The van der Waals surface area contributed by atoms with E-state index >= 15 is 0 Å². The number of H-pyrrole nitrogens is 1. The molecule has 2 N–H and O–H groups in total. The summed E-state index contributed by atoms with van der Waals surface area (Å²) in [7, 11) is 0. The van der Waals surface area contributed by atoms with Gasteiger partial charge in [-0.25, -0.2) is 4.98 Å². The molecule has 1 heterocycles. The van der Waals surface area contributed by atoms with Crippen molar-refractivity contribution >= 4 is 12.7 Å². The third-order valence-electron chi connectivity index (χ3n) is 1.50. The first-order valence-corrected chi connectivity index (χ1v) is 3.70. The van der Waals surface area contributed by atoms with E-state index in [2.05, 4.69) is 26.9 Å². The predicted molar refractivity (Wildman–Crippen MR) is 45.7 cm³/mol. The number of hydrogen-bond donors (Lipinski definition) is 2. The second-order valence-corrected chi connectivity index (χ2v) is 2.58. The van der Waals surface area contributed by atoms with Crippen molar-refractivity contribution in [2.75, 3.05) is 0 Å². The zero-order chi connectivity index (χ0) is 9.84. The highest BCUT2D eigenvalue weighted by atomic mass is 16.4. The number of nitrogens with zero attached hydrogens (tertiary/aromatic N) is 3. The van der Waals surface area contributed by atoms with E-state index in [4.69, 9.17) is 5.11 Å². The third kappa shape index (κ3) is 2.36. The summed E-state index contributed by atoms with van der Waals surface area (Å²) in [4.78, 5) is 18.0. The van der Waals surface area contributed by atoms with E-state index < -0.39 is 12.0 Å². The summed E-state index contributed by atoms with van der Waals surface area (Å²) >= 11 is 0. The predicted octanol–water partition coefficient (Wildman–Crippen LogP) is 0.330. The number of nitrogens with one attached hydrogen (secondary N) is 1. The van der Waals surface area contributed by atoms with Crippen molar-refractivity contribution in [2.45, 2.75) is 19.4 Å². The molecule has 0 saturated heterocycles. The van der Waals surface area contributed by atoms with Crippen molar-refractivity contribution in [1.29, 1.82) is 0 Å². The highest BCUT2D eigenvalue weighted by Crippen LogP contribution is 2.15. The van der Waals surface area contributed by atoms with Crippen LogP contribution in [0.15, 0.2) is 4.99 Å². The van der Waals surface area contributed by atoms with Crippen molar-refractivity contribution in [3.8, 4) is 0 Å². The van der Waals surface area contributed by atoms with Crippen LogP contribution in [0, 0.1) is 6.92 Å². The number of aryl methyl sites for hydroxylation is 1. The highest BCUT2D eigenvalue weighted by Gasteiger charge is 2.17. The molecule has 0 aromatic carbocycles. The Bertz CT molecular complexity index is 320. The van der Waals surface area contributed by atoms with E-state index in [-0.39, 0.29) is 6.42 Å². The Kier molecular flexibility index (Phi) is 2.73. The summed E-state index contributed by atoms with van der Waals surface area (Å²) in [5.41, 5.74) is 0. The van der Waals surface area contributed by atoms with Crippen LogP contribution >= 0.6 is 0 Å². The lowest BCUT2D eigenvalue weighted by molar-refractivity contribution is -0.137. The molecular weight excluding hydrogens is 172 g/mol. The Morgan fingerprint density at radius 3 is 2.92 bits per heavy atom. The van der Waals surface area contributed by atoms with Crippen molar-refractivity contribution in [3.05, 3.63) is 11.6 Å². The number of aliphatic carboxylic acids is 1. The van der Waals surface area contributed by atoms with Crippen LogP contribution in [0.1, 0.15) is 24.1 Å². The second-order valence-electron chi connectivity index (χ2n) is 2.58. The Morgan fingerprint density at radius 2 is 2.54 bits per heavy atom. The highest BCUT2D eigenvalue weighted by molar-refractivity contribution is 5.67. The topological polar surface area (TPSA) is 91.2 Å². The summed E-state index contributed by atoms with van der Waals surface area (Å²) in [5.74, 6) is 0.0591. The van der Waals surface area contributed by atoms with Gasteiger partial charge in [-0.1, -0.05) is 0 Å². The number of hydrogen-bond acceptors (Lipinski definition) is 4. The zero-order valence-corrected chi connectivity index (χ0v) is 7.19. The van der Waals surface area contributed by atoms with Crippen molar-refractivity contribution in [2.24, 2.45) is 4.99 Å². The normalized spacial score (nSPS) is 12.4. The van der Waals surface area contributed by atoms with E-state index in [1.807, 2.05) is 0 Å². The van der Waals surface area contributed by atoms with E-state index in [9.17, 15) is 4.79 Å². The number of rotatable bonds is 4. The minimum Gasteiger partial charge on any atom is -0.481 e. The van der Waals surface area contributed by atoms with Gasteiger partial charge in [-0.2, -0.15) is 5.10 Å². The van der Waals surface area contributed by atoms with Crippen LogP contribution in [-0.4, -0.2) is 33.0 Å². The number of aliphatic imine (C=N–C) groups is 1. The summed E-state index contributed by atoms with van der Waals surface area (Å²) in [6.45, 7) is 5.03. The third-order valence-corrected chi connectivity index (χ3v) is 1.50. The summed E-state index contributed by atoms with van der Waals surface area (Å²) in [6, 6.07) is -0.567. The van der Waals surface area contributed by atoms with Gasteiger partial charge in [-0.15, -0.1) is 0 Å². The molecule has 0 bridgehead atoms. The van der Waals surface area contributed by atoms with Gasteiger partial charge in [0.05, 0.1) is 6.42 Å². The fourth-order valence-corrected chi connectivity index (χ4v) is 0.912. The minimum absolute atomic E-state index is 0.138. The van der Waals surface area contributed by atoms with Crippen molar-refractivity contribution in [3.63, 3.8) is 0 Å². The second kappa shape index (κ2) is 3.79. The van der Waals surface area contributed by atoms with Crippen molar-refractivity contribution < 1.29 is 9.90 Å². The Morgan fingerprint density at radius 1 is 1.85 bits per heavy atom. The van der Waals surface area contributed by atoms with Gasteiger partial charge >= 0.3 is 5.97 Å². The quantitative estimate of drug-likeness (QED) is 0.656. The van der Waals surface area contributed by atoms with Crippen LogP contribution in [0.25, 0.3) is 0 Å². The average Bonchev–Trinajstić information content (AvgIpc) is 2.47. The first-order chi connectivity index (χ1) is 6.13. The molecule has 13 heavy (non-hydrogen) atoms. The Labute approximate surface area is 74.7 Å². The number of aromatic nitrogens is 3. The van der Waals surface area contributed by atoms with Gasteiger partial charge in [0.2, 0.25) is 0 Å². The van der Waals surface area contributed by atoms with Gasteiger partial charge < -0.3 is 5.11 Å². The van der Waals surface area contributed by atoms with E-state index in [1.54, 1.807) is 6.92 Å². The van der Waals surface area contributed by atoms with Gasteiger partial charge in [0.25, 0.3) is 0 Å². The molecule has 1 atom stereocenters. The standard InChI is InChI=1S/C7H10N4O2/c1-4-9-7(11-10-4)5(8-2)3-6(12)13/h5H,2-3H2,1H3,(H,12,13)(H,9,10,11). The molecule has 0 aliphatic rings. The van der Waals surface area contributed by atoms with Crippen LogP contribution in [0.3, 0.4) is 0 Å². The molecule has 0 radical (unpaired) electrons. The summed E-state index contributed by atoms with van der Waals surface area (Å²) < 4.78 is 0. The lowest BCUT2D eigenvalue weighted by Gasteiger charge is -2.02. The molecule has 0 aliphatic heterocycles. The maximum atomic E-state index is 10.4. The molecule has 1 aromatic heterocycles. The van der Waals surface area contributed by atoms with E-state index in [1.165, 1.54) is 0 Å². The molecule has 6 nitrogen and oxygen atoms in total. The Balaban J connectivity index is 2.78. The van der Waals surface area contributed by atoms with Gasteiger partial charge in [0.1, 0.15) is 11.9 Å². The van der Waals surface area contributed by atoms with Gasteiger partial charge in [-0.05, 0) is 13.6 Å². The van der Waals surface area contributed by atoms with Gasteiger partial charge in [-0.3, -0.25) is 14.9 Å². The lowest BCUT2D eigenvalue weighted by Crippen LogP contribution is -2.05. The first kappa shape index (κ1) is 9.37. The lowest BCUT2D eigenvalue weighted by atomic mass is 10.2. The molecule has 0 aliphatic carbocycles. The molecule has 1 unspecified atom stereocenters. The largest absolute Gasteiger partial charge is 0.481 e. The average molecular weight is 182 g/mol. The van der Waals surface area contributed by atoms with Crippen LogP contribution in [0.5, 0.6) is 0 Å². The SMILES string of the molecule is C=NC(CC(=O)O)c1n[nH]c(C)n1. The van der Waals surface area contributed by atoms with Crippen LogP contribution in [0.2, 0.25) is 0 Å². The van der Waals surface area contributed by atoms with Crippen LogP contribution < -0.4 is 0 Å². The fraction of sp³-hybridized carbons (Fsp3) is 0.429. The zero-order valence-electron chi connectivity index (χ0n) is 7.19. The molecular formula is C7H10N4O2. The Hall–Kier alpha value is -1.72. The number of carboxylic acid groups (broad SMARTS) is 1. The molecule has 0 fully saturated rings. The smallest absolute Gasteiger partial charge is 0.306 e. The number of aromatic amines is 1.